The van der Waals surface area contributed by atoms with E-state index in [2.05, 4.69) is 20.8 Å². The minimum Gasteiger partial charge on any atom is -0.380 e. The third-order valence-corrected chi connectivity index (χ3v) is 3.67. The molecule has 2 aromatic rings. The van der Waals surface area contributed by atoms with E-state index in [4.69, 9.17) is 0 Å². The van der Waals surface area contributed by atoms with Crippen molar-refractivity contribution in [1.82, 2.24) is 0 Å². The largest absolute Gasteiger partial charge is 0.380 e. The van der Waals surface area contributed by atoms with Gasteiger partial charge in [0, 0.05) is 0 Å². The first kappa shape index (κ1) is 14.5. The smallest absolute Gasteiger partial charge is 0.113 e. The Labute approximate surface area is 121 Å². The lowest BCUT2D eigenvalue weighted by molar-refractivity contribution is -0.0178. The van der Waals surface area contributed by atoms with Crippen molar-refractivity contribution in [2.45, 2.75) is 26.4 Å². The van der Waals surface area contributed by atoms with Gasteiger partial charge in [0.05, 0.1) is 0 Å². The molecule has 0 fully saturated rings. The van der Waals surface area contributed by atoms with Crippen molar-refractivity contribution in [3.05, 3.63) is 77.9 Å². The minimum atomic E-state index is -0.996. The molecule has 0 aromatic heterocycles. The van der Waals surface area contributed by atoms with Crippen molar-refractivity contribution in [2.75, 3.05) is 0 Å². The summed E-state index contributed by atoms with van der Waals surface area (Å²) in [4.78, 5) is 0. The summed E-state index contributed by atoms with van der Waals surface area (Å²) < 4.78 is 0. The van der Waals surface area contributed by atoms with Crippen molar-refractivity contribution in [2.24, 2.45) is 5.41 Å². The summed E-state index contributed by atoms with van der Waals surface area (Å²) in [6.07, 6.45) is 3.88. The Balaban J connectivity index is 2.42. The second-order valence-corrected chi connectivity index (χ2v) is 6.13. The van der Waals surface area contributed by atoms with E-state index in [1.807, 2.05) is 72.8 Å². The lowest BCUT2D eigenvalue weighted by Gasteiger charge is -2.38. The van der Waals surface area contributed by atoms with Gasteiger partial charge in [0.15, 0.2) is 0 Å². The van der Waals surface area contributed by atoms with Crippen LogP contribution in [0.1, 0.15) is 31.9 Å². The molecule has 1 unspecified atom stereocenters. The highest BCUT2D eigenvalue weighted by Gasteiger charge is 2.39. The summed E-state index contributed by atoms with van der Waals surface area (Å²) in [6.45, 7) is 6.15. The van der Waals surface area contributed by atoms with Gasteiger partial charge >= 0.3 is 0 Å². The molecule has 0 aliphatic heterocycles. The Morgan fingerprint density at radius 3 is 1.80 bits per heavy atom. The molecule has 0 bridgehead atoms. The standard InChI is InChI=1S/C19H22O/c1-18(2,3)19(20,17-12-8-5-9-13-17)15-14-16-10-6-4-7-11-16/h4-15,20H,1-3H3/b15-14+. The molecule has 104 valence electrons. The number of benzene rings is 2. The maximum atomic E-state index is 11.2. The molecular formula is C19H22O. The summed E-state index contributed by atoms with van der Waals surface area (Å²) in [7, 11) is 0. The molecule has 0 heterocycles. The maximum absolute atomic E-state index is 11.2. The van der Waals surface area contributed by atoms with Crippen molar-refractivity contribution in [1.29, 1.82) is 0 Å². The van der Waals surface area contributed by atoms with E-state index in [9.17, 15) is 5.11 Å². The molecule has 2 aromatic carbocycles. The van der Waals surface area contributed by atoms with Gasteiger partial charge in [-0.05, 0) is 22.6 Å². The van der Waals surface area contributed by atoms with Crippen LogP contribution in [0.4, 0.5) is 0 Å². The third-order valence-electron chi connectivity index (χ3n) is 3.67. The zero-order valence-corrected chi connectivity index (χ0v) is 12.4. The molecular weight excluding hydrogens is 244 g/mol. The average molecular weight is 266 g/mol. The van der Waals surface area contributed by atoms with E-state index in [0.717, 1.165) is 11.1 Å². The van der Waals surface area contributed by atoms with Gasteiger partial charge in [0.25, 0.3) is 0 Å². The second kappa shape index (κ2) is 5.64. The van der Waals surface area contributed by atoms with Crippen molar-refractivity contribution < 1.29 is 5.11 Å². The molecule has 0 radical (unpaired) electrons. The fraction of sp³-hybridized carbons (Fsp3) is 0.263. The van der Waals surface area contributed by atoms with Crippen LogP contribution >= 0.6 is 0 Å². The van der Waals surface area contributed by atoms with E-state index in [1.165, 1.54) is 0 Å². The molecule has 2 rings (SSSR count). The third kappa shape index (κ3) is 3.00. The SMILES string of the molecule is CC(C)(C)C(O)(/C=C/c1ccccc1)c1ccccc1. The molecule has 1 nitrogen and oxygen atoms in total. The summed E-state index contributed by atoms with van der Waals surface area (Å²) in [6, 6.07) is 19.9. The number of rotatable bonds is 3. The highest BCUT2D eigenvalue weighted by Crippen LogP contribution is 2.40. The topological polar surface area (TPSA) is 20.2 Å². The summed E-state index contributed by atoms with van der Waals surface area (Å²) in [5.41, 5.74) is 0.717. The van der Waals surface area contributed by atoms with E-state index in [-0.39, 0.29) is 5.41 Å². The van der Waals surface area contributed by atoms with Gasteiger partial charge in [-0.25, -0.2) is 0 Å². The molecule has 0 spiro atoms. The molecule has 0 amide bonds. The van der Waals surface area contributed by atoms with Gasteiger partial charge in [-0.3, -0.25) is 0 Å². The van der Waals surface area contributed by atoms with Crippen LogP contribution in [-0.2, 0) is 5.60 Å². The highest BCUT2D eigenvalue weighted by molar-refractivity contribution is 5.52. The Hall–Kier alpha value is -1.86. The Bertz CT molecular complexity index is 564. The van der Waals surface area contributed by atoms with Gasteiger partial charge in [-0.2, -0.15) is 0 Å². The van der Waals surface area contributed by atoms with Crippen LogP contribution in [0.2, 0.25) is 0 Å². The van der Waals surface area contributed by atoms with Crippen LogP contribution in [0, 0.1) is 5.41 Å². The molecule has 0 aliphatic rings. The van der Waals surface area contributed by atoms with Crippen molar-refractivity contribution in [3.8, 4) is 0 Å². The quantitative estimate of drug-likeness (QED) is 0.858. The average Bonchev–Trinajstić information content (AvgIpc) is 2.45. The first-order chi connectivity index (χ1) is 9.43. The predicted molar refractivity (Wildman–Crippen MR) is 85.3 cm³/mol. The zero-order valence-electron chi connectivity index (χ0n) is 12.4. The zero-order chi connectivity index (χ0) is 14.6. The Kier molecular flexibility index (Phi) is 4.10. The Morgan fingerprint density at radius 2 is 1.30 bits per heavy atom. The highest BCUT2D eigenvalue weighted by atomic mass is 16.3. The van der Waals surface area contributed by atoms with Crippen LogP contribution < -0.4 is 0 Å². The second-order valence-electron chi connectivity index (χ2n) is 6.13. The monoisotopic (exact) mass is 266 g/mol. The summed E-state index contributed by atoms with van der Waals surface area (Å²) in [5.74, 6) is 0. The molecule has 20 heavy (non-hydrogen) atoms. The Morgan fingerprint density at radius 1 is 0.800 bits per heavy atom. The van der Waals surface area contributed by atoms with E-state index in [0.29, 0.717) is 0 Å². The molecule has 1 atom stereocenters. The van der Waals surface area contributed by atoms with E-state index in [1.54, 1.807) is 0 Å². The number of hydrogen-bond donors (Lipinski definition) is 1. The predicted octanol–water partition coefficient (Wildman–Crippen LogP) is 4.63. The molecule has 1 N–H and O–H groups in total. The maximum Gasteiger partial charge on any atom is 0.113 e. The van der Waals surface area contributed by atoms with Gasteiger partial charge in [0.1, 0.15) is 5.60 Å². The van der Waals surface area contributed by atoms with Crippen LogP contribution in [0.3, 0.4) is 0 Å². The van der Waals surface area contributed by atoms with Crippen LogP contribution in [0.15, 0.2) is 66.7 Å². The fourth-order valence-corrected chi connectivity index (χ4v) is 2.25. The van der Waals surface area contributed by atoms with Gasteiger partial charge in [-0.15, -0.1) is 0 Å². The van der Waals surface area contributed by atoms with Crippen LogP contribution in [0.5, 0.6) is 0 Å². The van der Waals surface area contributed by atoms with E-state index < -0.39 is 5.60 Å². The summed E-state index contributed by atoms with van der Waals surface area (Å²) in [5, 5.41) is 11.2. The first-order valence-corrected chi connectivity index (χ1v) is 6.96. The van der Waals surface area contributed by atoms with E-state index >= 15 is 0 Å². The molecule has 0 saturated carbocycles. The van der Waals surface area contributed by atoms with Crippen molar-refractivity contribution >= 4 is 6.08 Å². The van der Waals surface area contributed by atoms with Crippen molar-refractivity contribution in [3.63, 3.8) is 0 Å². The summed E-state index contributed by atoms with van der Waals surface area (Å²) >= 11 is 0. The van der Waals surface area contributed by atoms with Gasteiger partial charge in [0.2, 0.25) is 0 Å². The first-order valence-electron chi connectivity index (χ1n) is 6.96. The molecule has 0 aliphatic carbocycles. The lowest BCUT2D eigenvalue weighted by atomic mass is 9.72. The molecule has 0 saturated heterocycles. The molecule has 1 heteroatoms. The normalized spacial score (nSPS) is 15.2. The van der Waals surface area contributed by atoms with Crippen LogP contribution in [-0.4, -0.2) is 5.11 Å². The lowest BCUT2D eigenvalue weighted by Crippen LogP contribution is -2.38. The minimum absolute atomic E-state index is 0.292. The van der Waals surface area contributed by atoms with Gasteiger partial charge < -0.3 is 5.11 Å². The number of hydrogen-bond acceptors (Lipinski definition) is 1. The van der Waals surface area contributed by atoms with Gasteiger partial charge in [-0.1, -0.05) is 87.5 Å². The van der Waals surface area contributed by atoms with Crippen LogP contribution in [0.25, 0.3) is 6.08 Å². The number of aliphatic hydroxyl groups is 1. The fourth-order valence-electron chi connectivity index (χ4n) is 2.25.